The summed E-state index contributed by atoms with van der Waals surface area (Å²) in [5, 5.41) is 8.30. The van der Waals surface area contributed by atoms with Crippen LogP contribution >= 0.6 is 0 Å². The molecule has 1 rings (SSSR count). The highest BCUT2D eigenvalue weighted by atomic mass is 16.2. The van der Waals surface area contributed by atoms with Crippen LogP contribution in [0.2, 0.25) is 0 Å². The fourth-order valence-electron chi connectivity index (χ4n) is 1.78. The summed E-state index contributed by atoms with van der Waals surface area (Å²) >= 11 is 0. The molecule has 0 fully saturated rings. The second-order valence-corrected chi connectivity index (χ2v) is 4.80. The number of aryl methyl sites for hydroxylation is 1. The summed E-state index contributed by atoms with van der Waals surface area (Å²) in [6.45, 7) is 6.15. The van der Waals surface area contributed by atoms with E-state index in [0.29, 0.717) is 17.9 Å². The van der Waals surface area contributed by atoms with E-state index in [-0.39, 0.29) is 11.9 Å². The van der Waals surface area contributed by atoms with Gasteiger partial charge in [0, 0.05) is 24.8 Å². The third-order valence-electron chi connectivity index (χ3n) is 2.87. The lowest BCUT2D eigenvalue weighted by molar-refractivity contribution is -0.114. The minimum absolute atomic E-state index is 0.130. The van der Waals surface area contributed by atoms with Gasteiger partial charge in [-0.25, -0.2) is 4.79 Å². The monoisotopic (exact) mass is 277 g/mol. The number of amides is 3. The lowest BCUT2D eigenvalue weighted by Gasteiger charge is -2.11. The zero-order valence-corrected chi connectivity index (χ0v) is 12.4. The first kappa shape index (κ1) is 16.0. The summed E-state index contributed by atoms with van der Waals surface area (Å²) in [4.78, 5) is 22.8. The smallest absolute Gasteiger partial charge is 0.319 e. The van der Waals surface area contributed by atoms with Crippen LogP contribution in [0.4, 0.5) is 16.2 Å². The highest BCUT2D eigenvalue weighted by molar-refractivity contribution is 5.93. The molecule has 110 valence electrons. The maximum Gasteiger partial charge on any atom is 0.319 e. The first-order chi connectivity index (χ1) is 9.52. The summed E-state index contributed by atoms with van der Waals surface area (Å²) in [6.07, 6.45) is 3.22. The SMILES string of the molecule is CCCCCNC(=O)Nc1ccc(C)c(NC(C)=O)c1. The Morgan fingerprint density at radius 3 is 2.55 bits per heavy atom. The van der Waals surface area contributed by atoms with E-state index in [1.807, 2.05) is 19.1 Å². The molecule has 0 radical (unpaired) electrons. The summed E-state index contributed by atoms with van der Waals surface area (Å²) in [7, 11) is 0. The normalized spacial score (nSPS) is 9.95. The van der Waals surface area contributed by atoms with E-state index in [1.165, 1.54) is 6.92 Å². The van der Waals surface area contributed by atoms with Gasteiger partial charge in [0.1, 0.15) is 0 Å². The molecule has 0 spiro atoms. The zero-order valence-electron chi connectivity index (χ0n) is 12.4. The minimum Gasteiger partial charge on any atom is -0.338 e. The van der Waals surface area contributed by atoms with Crippen LogP contribution in [0, 0.1) is 6.92 Å². The number of anilines is 2. The number of benzene rings is 1. The predicted octanol–water partition coefficient (Wildman–Crippen LogP) is 3.27. The zero-order chi connectivity index (χ0) is 15.0. The Morgan fingerprint density at radius 2 is 1.90 bits per heavy atom. The molecule has 0 saturated carbocycles. The number of hydrogen-bond donors (Lipinski definition) is 3. The highest BCUT2D eigenvalue weighted by Crippen LogP contribution is 2.20. The van der Waals surface area contributed by atoms with Crippen LogP contribution in [0.15, 0.2) is 18.2 Å². The Morgan fingerprint density at radius 1 is 1.15 bits per heavy atom. The average Bonchev–Trinajstić information content (AvgIpc) is 2.38. The van der Waals surface area contributed by atoms with E-state index in [4.69, 9.17) is 0 Å². The molecule has 0 heterocycles. The number of carbonyl (C=O) groups is 2. The van der Waals surface area contributed by atoms with Crippen LogP contribution in [0.5, 0.6) is 0 Å². The van der Waals surface area contributed by atoms with Gasteiger partial charge < -0.3 is 16.0 Å². The van der Waals surface area contributed by atoms with Crippen molar-refractivity contribution in [2.75, 3.05) is 17.2 Å². The van der Waals surface area contributed by atoms with Gasteiger partial charge in [-0.1, -0.05) is 25.8 Å². The number of rotatable bonds is 6. The second-order valence-electron chi connectivity index (χ2n) is 4.80. The van der Waals surface area contributed by atoms with E-state index in [0.717, 1.165) is 24.8 Å². The van der Waals surface area contributed by atoms with Crippen molar-refractivity contribution in [3.8, 4) is 0 Å². The van der Waals surface area contributed by atoms with Gasteiger partial charge in [0.2, 0.25) is 5.91 Å². The van der Waals surface area contributed by atoms with Gasteiger partial charge in [0.05, 0.1) is 0 Å². The topological polar surface area (TPSA) is 70.2 Å². The van der Waals surface area contributed by atoms with Crippen molar-refractivity contribution in [1.82, 2.24) is 5.32 Å². The van der Waals surface area contributed by atoms with Crippen molar-refractivity contribution in [3.05, 3.63) is 23.8 Å². The Kier molecular flexibility index (Phi) is 6.56. The van der Waals surface area contributed by atoms with Gasteiger partial charge in [0.25, 0.3) is 0 Å². The highest BCUT2D eigenvalue weighted by Gasteiger charge is 2.05. The van der Waals surface area contributed by atoms with Crippen molar-refractivity contribution in [1.29, 1.82) is 0 Å². The fourth-order valence-corrected chi connectivity index (χ4v) is 1.78. The van der Waals surface area contributed by atoms with Crippen molar-refractivity contribution in [3.63, 3.8) is 0 Å². The van der Waals surface area contributed by atoms with Gasteiger partial charge in [-0.05, 0) is 31.0 Å². The Hall–Kier alpha value is -2.04. The molecule has 20 heavy (non-hydrogen) atoms. The average molecular weight is 277 g/mol. The molecule has 3 amide bonds. The molecule has 1 aromatic rings. The molecule has 0 aliphatic rings. The standard InChI is InChI=1S/C15H23N3O2/c1-4-5-6-9-16-15(20)18-13-8-7-11(2)14(10-13)17-12(3)19/h7-8,10H,4-6,9H2,1-3H3,(H,17,19)(H2,16,18,20). The van der Waals surface area contributed by atoms with Gasteiger partial charge in [-0.2, -0.15) is 0 Å². The molecule has 5 nitrogen and oxygen atoms in total. The van der Waals surface area contributed by atoms with Crippen molar-refractivity contribution >= 4 is 23.3 Å². The van der Waals surface area contributed by atoms with Gasteiger partial charge in [-0.3, -0.25) is 4.79 Å². The number of nitrogens with one attached hydrogen (secondary N) is 3. The van der Waals surface area contributed by atoms with Gasteiger partial charge >= 0.3 is 6.03 Å². The largest absolute Gasteiger partial charge is 0.338 e. The van der Waals surface area contributed by atoms with Crippen LogP contribution in [0.25, 0.3) is 0 Å². The van der Waals surface area contributed by atoms with Gasteiger partial charge in [0.15, 0.2) is 0 Å². The molecule has 0 aliphatic carbocycles. The first-order valence-electron chi connectivity index (χ1n) is 6.96. The first-order valence-corrected chi connectivity index (χ1v) is 6.96. The van der Waals surface area contributed by atoms with Crippen molar-refractivity contribution in [2.24, 2.45) is 0 Å². The molecular formula is C15H23N3O2. The predicted molar refractivity (Wildman–Crippen MR) is 82.0 cm³/mol. The summed E-state index contributed by atoms with van der Waals surface area (Å²) in [5.41, 5.74) is 2.32. The lowest BCUT2D eigenvalue weighted by atomic mass is 10.2. The molecule has 0 atom stereocenters. The third kappa shape index (κ3) is 5.73. The molecule has 1 aromatic carbocycles. The minimum atomic E-state index is -0.223. The quantitative estimate of drug-likeness (QED) is 0.698. The van der Waals surface area contributed by atoms with E-state index in [9.17, 15) is 9.59 Å². The number of urea groups is 1. The molecule has 3 N–H and O–H groups in total. The van der Waals surface area contributed by atoms with E-state index >= 15 is 0 Å². The Bertz CT molecular complexity index is 472. The summed E-state index contributed by atoms with van der Waals surface area (Å²) < 4.78 is 0. The van der Waals surface area contributed by atoms with Crippen LogP contribution in [-0.2, 0) is 4.79 Å². The second kappa shape index (κ2) is 8.19. The van der Waals surface area contributed by atoms with Crippen molar-refractivity contribution in [2.45, 2.75) is 40.0 Å². The van der Waals surface area contributed by atoms with E-state index in [2.05, 4.69) is 22.9 Å². The van der Waals surface area contributed by atoms with Crippen LogP contribution < -0.4 is 16.0 Å². The molecule has 0 saturated heterocycles. The fraction of sp³-hybridized carbons (Fsp3) is 0.467. The molecule has 0 aliphatic heterocycles. The Balaban J connectivity index is 2.54. The Labute approximate surface area is 120 Å². The van der Waals surface area contributed by atoms with Crippen LogP contribution in [0.1, 0.15) is 38.7 Å². The molecule has 5 heteroatoms. The summed E-state index contributed by atoms with van der Waals surface area (Å²) in [6, 6.07) is 5.20. The molecule has 0 aromatic heterocycles. The molecule has 0 bridgehead atoms. The van der Waals surface area contributed by atoms with Gasteiger partial charge in [-0.15, -0.1) is 0 Å². The molecular weight excluding hydrogens is 254 g/mol. The number of carbonyl (C=O) groups excluding carboxylic acids is 2. The maximum absolute atomic E-state index is 11.7. The number of hydrogen-bond acceptors (Lipinski definition) is 2. The van der Waals surface area contributed by atoms with Crippen molar-refractivity contribution < 1.29 is 9.59 Å². The van der Waals surface area contributed by atoms with E-state index < -0.39 is 0 Å². The maximum atomic E-state index is 11.7. The third-order valence-corrected chi connectivity index (χ3v) is 2.87. The lowest BCUT2D eigenvalue weighted by Crippen LogP contribution is -2.29. The van der Waals surface area contributed by atoms with Crippen LogP contribution in [0.3, 0.4) is 0 Å². The summed E-state index contributed by atoms with van der Waals surface area (Å²) in [5.74, 6) is -0.130. The van der Waals surface area contributed by atoms with Crippen LogP contribution in [-0.4, -0.2) is 18.5 Å². The number of unbranched alkanes of at least 4 members (excludes halogenated alkanes) is 2. The van der Waals surface area contributed by atoms with E-state index in [1.54, 1.807) is 6.07 Å². The molecule has 0 unspecified atom stereocenters.